The Morgan fingerprint density at radius 2 is 1.70 bits per heavy atom. The average molecular weight is 140 g/mol. The highest BCUT2D eigenvalue weighted by atomic mass is 16.4. The fourth-order valence-electron chi connectivity index (χ4n) is 0.363. The van der Waals surface area contributed by atoms with Crippen LogP contribution in [-0.4, -0.2) is 11.1 Å². The van der Waals surface area contributed by atoms with Crippen LogP contribution in [0.5, 0.6) is 0 Å². The molecule has 0 heterocycles. The molecule has 0 fully saturated rings. The predicted molar refractivity (Wildman–Crippen MR) is 40.8 cm³/mol. The van der Waals surface area contributed by atoms with Gasteiger partial charge < -0.3 is 5.11 Å². The van der Waals surface area contributed by atoms with Crippen LogP contribution in [0.4, 0.5) is 0 Å². The van der Waals surface area contributed by atoms with E-state index < -0.39 is 5.97 Å². The fraction of sp³-hybridized carbons (Fsp3) is 0.375. The van der Waals surface area contributed by atoms with Crippen molar-refractivity contribution in [3.8, 4) is 0 Å². The Bertz CT molecular complexity index is 183. The lowest BCUT2D eigenvalue weighted by Gasteiger charge is -1.88. The number of carbonyl (C=O) groups is 1. The van der Waals surface area contributed by atoms with Gasteiger partial charge in [-0.05, 0) is 20.8 Å². The van der Waals surface area contributed by atoms with Gasteiger partial charge in [-0.2, -0.15) is 0 Å². The van der Waals surface area contributed by atoms with Gasteiger partial charge in [0.25, 0.3) is 0 Å². The molecule has 1 N–H and O–H groups in total. The molecule has 0 unspecified atom stereocenters. The van der Waals surface area contributed by atoms with Gasteiger partial charge in [-0.1, -0.05) is 17.7 Å². The molecule has 2 heteroatoms. The molecule has 0 amide bonds. The third kappa shape index (κ3) is 3.89. The Labute approximate surface area is 60.9 Å². The molecule has 0 rings (SSSR count). The van der Waals surface area contributed by atoms with Gasteiger partial charge in [-0.3, -0.25) is 0 Å². The van der Waals surface area contributed by atoms with Crippen LogP contribution >= 0.6 is 0 Å². The topological polar surface area (TPSA) is 37.3 Å². The van der Waals surface area contributed by atoms with Crippen LogP contribution in [0, 0.1) is 0 Å². The van der Waals surface area contributed by atoms with Crippen LogP contribution < -0.4 is 0 Å². The Hall–Kier alpha value is -1.05. The number of hydrogen-bond donors (Lipinski definition) is 1. The molecule has 0 spiro atoms. The first kappa shape index (κ1) is 8.95. The molecule has 0 atom stereocenters. The van der Waals surface area contributed by atoms with E-state index in [0.29, 0.717) is 5.57 Å². The molecule has 0 aromatic heterocycles. The minimum absolute atomic E-state index is 0.362. The van der Waals surface area contributed by atoms with Crippen molar-refractivity contribution >= 4 is 5.97 Å². The lowest BCUT2D eigenvalue weighted by molar-refractivity contribution is -0.132. The lowest BCUT2D eigenvalue weighted by atomic mass is 10.2. The summed E-state index contributed by atoms with van der Waals surface area (Å²) in [5, 5.41) is 8.40. The van der Waals surface area contributed by atoms with Crippen LogP contribution in [-0.2, 0) is 4.79 Å². The number of rotatable bonds is 2. The predicted octanol–water partition coefficient (Wildman–Crippen LogP) is 1.98. The maximum absolute atomic E-state index is 10.2. The zero-order chi connectivity index (χ0) is 8.15. The summed E-state index contributed by atoms with van der Waals surface area (Å²) in [6.07, 6.45) is 3.38. The van der Waals surface area contributed by atoms with E-state index in [1.807, 2.05) is 13.8 Å². The van der Waals surface area contributed by atoms with Gasteiger partial charge in [0.1, 0.15) is 0 Å². The number of carboxylic acids is 1. The van der Waals surface area contributed by atoms with Gasteiger partial charge in [-0.15, -0.1) is 0 Å². The lowest BCUT2D eigenvalue weighted by Crippen LogP contribution is -1.94. The van der Waals surface area contributed by atoms with Gasteiger partial charge in [0.05, 0.1) is 0 Å². The molecule has 0 aliphatic carbocycles. The molecule has 0 saturated heterocycles. The van der Waals surface area contributed by atoms with Crippen molar-refractivity contribution in [2.45, 2.75) is 20.8 Å². The Morgan fingerprint density at radius 1 is 1.20 bits per heavy atom. The van der Waals surface area contributed by atoms with E-state index in [1.165, 1.54) is 0 Å². The summed E-state index contributed by atoms with van der Waals surface area (Å²) in [6, 6.07) is 0. The van der Waals surface area contributed by atoms with Gasteiger partial charge in [0.2, 0.25) is 0 Å². The van der Waals surface area contributed by atoms with E-state index in [4.69, 9.17) is 5.11 Å². The maximum atomic E-state index is 10.2. The van der Waals surface area contributed by atoms with Crippen LogP contribution in [0.25, 0.3) is 0 Å². The number of allylic oxidation sites excluding steroid dienone is 3. The molecule has 0 saturated carbocycles. The van der Waals surface area contributed by atoms with Crippen molar-refractivity contribution in [1.29, 1.82) is 0 Å². The molecule has 0 aromatic rings. The van der Waals surface area contributed by atoms with Crippen LogP contribution in [0.15, 0.2) is 23.3 Å². The second-order valence-corrected chi connectivity index (χ2v) is 2.40. The third-order valence-electron chi connectivity index (χ3n) is 1.00. The zero-order valence-corrected chi connectivity index (χ0v) is 6.51. The largest absolute Gasteiger partial charge is 0.478 e. The van der Waals surface area contributed by atoms with Crippen molar-refractivity contribution in [3.05, 3.63) is 23.3 Å². The minimum atomic E-state index is -0.863. The monoisotopic (exact) mass is 140 g/mol. The number of aliphatic carboxylic acids is 1. The van der Waals surface area contributed by atoms with Crippen LogP contribution in [0.3, 0.4) is 0 Å². The standard InChI is InChI=1S/C8H12O2/c1-6(2)4-5-7(3)8(9)10/h4-5H,1-3H3,(H,9,10)/b7-5+. The first-order valence-corrected chi connectivity index (χ1v) is 3.09. The van der Waals surface area contributed by atoms with Crippen molar-refractivity contribution in [2.75, 3.05) is 0 Å². The summed E-state index contributed by atoms with van der Waals surface area (Å²) in [5.41, 5.74) is 1.46. The zero-order valence-electron chi connectivity index (χ0n) is 6.51. The second-order valence-electron chi connectivity index (χ2n) is 2.40. The molecular formula is C8H12O2. The summed E-state index contributed by atoms with van der Waals surface area (Å²) in [6.45, 7) is 5.42. The summed E-state index contributed by atoms with van der Waals surface area (Å²) in [4.78, 5) is 10.2. The van der Waals surface area contributed by atoms with E-state index in [9.17, 15) is 4.79 Å². The molecule has 2 nitrogen and oxygen atoms in total. The van der Waals surface area contributed by atoms with Crippen molar-refractivity contribution in [3.63, 3.8) is 0 Å². The molecule has 10 heavy (non-hydrogen) atoms. The fourth-order valence-corrected chi connectivity index (χ4v) is 0.363. The van der Waals surface area contributed by atoms with Crippen molar-refractivity contribution in [1.82, 2.24) is 0 Å². The van der Waals surface area contributed by atoms with E-state index in [1.54, 1.807) is 19.1 Å². The van der Waals surface area contributed by atoms with Crippen molar-refractivity contribution < 1.29 is 9.90 Å². The SMILES string of the molecule is CC(C)=C/C=C(\C)C(=O)O. The summed E-state index contributed by atoms with van der Waals surface area (Å²) in [7, 11) is 0. The molecule has 0 aromatic carbocycles. The summed E-state index contributed by atoms with van der Waals surface area (Å²) >= 11 is 0. The molecule has 0 bridgehead atoms. The molecule has 0 radical (unpaired) electrons. The molecular weight excluding hydrogens is 128 g/mol. The normalized spacial score (nSPS) is 10.9. The van der Waals surface area contributed by atoms with Gasteiger partial charge >= 0.3 is 5.97 Å². The quantitative estimate of drug-likeness (QED) is 0.470. The highest BCUT2D eigenvalue weighted by Gasteiger charge is 1.95. The van der Waals surface area contributed by atoms with E-state index >= 15 is 0 Å². The second kappa shape index (κ2) is 3.88. The van der Waals surface area contributed by atoms with Crippen molar-refractivity contribution in [2.24, 2.45) is 0 Å². The Kier molecular flexibility index (Phi) is 3.47. The van der Waals surface area contributed by atoms with Crippen LogP contribution in [0.2, 0.25) is 0 Å². The van der Waals surface area contributed by atoms with Crippen LogP contribution in [0.1, 0.15) is 20.8 Å². The van der Waals surface area contributed by atoms with Gasteiger partial charge in [0, 0.05) is 5.57 Å². The Balaban J connectivity index is 4.19. The molecule has 0 aliphatic heterocycles. The minimum Gasteiger partial charge on any atom is -0.478 e. The molecule has 0 aliphatic rings. The summed E-state index contributed by atoms with van der Waals surface area (Å²) < 4.78 is 0. The smallest absolute Gasteiger partial charge is 0.331 e. The Morgan fingerprint density at radius 3 is 2.00 bits per heavy atom. The van der Waals surface area contributed by atoms with E-state index in [-0.39, 0.29) is 0 Å². The third-order valence-corrected chi connectivity index (χ3v) is 1.00. The first-order chi connectivity index (χ1) is 4.54. The molecule has 56 valence electrons. The number of hydrogen-bond acceptors (Lipinski definition) is 1. The van der Waals surface area contributed by atoms with Gasteiger partial charge in [-0.25, -0.2) is 4.79 Å². The van der Waals surface area contributed by atoms with E-state index in [0.717, 1.165) is 5.57 Å². The number of carboxylic acid groups (broad SMARTS) is 1. The maximum Gasteiger partial charge on any atom is 0.331 e. The average Bonchev–Trinajstić information content (AvgIpc) is 1.82. The summed E-state index contributed by atoms with van der Waals surface area (Å²) in [5.74, 6) is -0.863. The van der Waals surface area contributed by atoms with E-state index in [2.05, 4.69) is 0 Å². The highest BCUT2D eigenvalue weighted by molar-refractivity contribution is 5.86. The van der Waals surface area contributed by atoms with Gasteiger partial charge in [0.15, 0.2) is 0 Å². The first-order valence-electron chi connectivity index (χ1n) is 3.09. The highest BCUT2D eigenvalue weighted by Crippen LogP contribution is 1.95.